The van der Waals surface area contributed by atoms with Crippen LogP contribution in [0.5, 0.6) is 0 Å². The second-order valence-electron chi connectivity index (χ2n) is 2.02. The van der Waals surface area contributed by atoms with E-state index in [4.69, 9.17) is 11.5 Å². The van der Waals surface area contributed by atoms with Crippen LogP contribution in [-0.2, 0) is 4.84 Å². The Hall–Kier alpha value is -1.21. The van der Waals surface area contributed by atoms with E-state index < -0.39 is 0 Å². The highest BCUT2D eigenvalue weighted by Crippen LogP contribution is 2.12. The molecule has 5 nitrogen and oxygen atoms in total. The van der Waals surface area contributed by atoms with Gasteiger partial charge in [-0.2, -0.15) is 0 Å². The normalized spacial score (nSPS) is 11.3. The molecular weight excluding hydrogens is 208 g/mol. The first kappa shape index (κ1) is 9.87. The van der Waals surface area contributed by atoms with Crippen molar-refractivity contribution in [3.8, 4) is 0 Å². The number of nitrogens with one attached hydrogen (secondary N) is 1. The molecule has 0 aliphatic rings. The zero-order valence-electron chi connectivity index (χ0n) is 6.77. The number of nitrogens with zero attached hydrogens (tertiary/aromatic N) is 2. The Labute approximate surface area is 84.4 Å². The Bertz CT molecular complexity index is 346. The zero-order chi connectivity index (χ0) is 9.84. The Morgan fingerprint density at radius 2 is 2.54 bits per heavy atom. The summed E-state index contributed by atoms with van der Waals surface area (Å²) in [6, 6.07) is 0. The van der Waals surface area contributed by atoms with Gasteiger partial charge in [0, 0.05) is 5.38 Å². The number of anilines is 1. The molecule has 0 aliphatic heterocycles. The molecule has 0 saturated heterocycles. The van der Waals surface area contributed by atoms with Crippen molar-refractivity contribution in [2.24, 2.45) is 5.16 Å². The number of oxime groups is 1. The third-order valence-corrected chi connectivity index (χ3v) is 2.03. The van der Waals surface area contributed by atoms with Crippen LogP contribution in [-0.4, -0.2) is 22.8 Å². The van der Waals surface area contributed by atoms with Gasteiger partial charge in [-0.3, -0.25) is 5.73 Å². The van der Waals surface area contributed by atoms with E-state index in [2.05, 4.69) is 27.2 Å². The summed E-state index contributed by atoms with van der Waals surface area (Å²) in [4.78, 5) is 8.34. The molecule has 1 heterocycles. The monoisotopic (exact) mass is 215 g/mol. The van der Waals surface area contributed by atoms with E-state index in [0.29, 0.717) is 10.8 Å². The van der Waals surface area contributed by atoms with Gasteiger partial charge in [0.1, 0.15) is 17.8 Å². The van der Waals surface area contributed by atoms with Gasteiger partial charge in [0.2, 0.25) is 0 Å². The van der Waals surface area contributed by atoms with Crippen molar-refractivity contribution >= 4 is 39.4 Å². The average molecular weight is 215 g/mol. The molecule has 0 spiro atoms. The number of thiazole rings is 1. The maximum atomic E-state index is 7.23. The molecule has 1 radical (unpaired) electrons. The first-order valence-corrected chi connectivity index (χ1v) is 4.52. The highest BCUT2D eigenvalue weighted by molar-refractivity contribution is 7.82. The van der Waals surface area contributed by atoms with E-state index in [0.717, 1.165) is 0 Å². The van der Waals surface area contributed by atoms with E-state index in [1.807, 2.05) is 0 Å². The summed E-state index contributed by atoms with van der Waals surface area (Å²) in [6.45, 7) is 0. The minimum absolute atomic E-state index is 0.118. The van der Waals surface area contributed by atoms with Crippen LogP contribution in [0.1, 0.15) is 5.69 Å². The fourth-order valence-electron chi connectivity index (χ4n) is 0.692. The van der Waals surface area contributed by atoms with Crippen LogP contribution >= 0.6 is 23.6 Å². The molecule has 7 heteroatoms. The van der Waals surface area contributed by atoms with Crippen LogP contribution in [0, 0.1) is 0 Å². The summed E-state index contributed by atoms with van der Waals surface area (Å²) < 4.78 is 0. The summed E-state index contributed by atoms with van der Waals surface area (Å²) in [5.74, 6) is 0. The Kier molecular flexibility index (Phi) is 3.15. The lowest BCUT2D eigenvalue weighted by Gasteiger charge is -1.96. The predicted molar refractivity (Wildman–Crippen MR) is 55.8 cm³/mol. The van der Waals surface area contributed by atoms with Crippen molar-refractivity contribution in [1.82, 2.24) is 10.7 Å². The van der Waals surface area contributed by atoms with Crippen molar-refractivity contribution in [1.29, 1.82) is 0 Å². The lowest BCUT2D eigenvalue weighted by atomic mass is 10.3. The highest BCUT2D eigenvalue weighted by Gasteiger charge is 2.11. The summed E-state index contributed by atoms with van der Waals surface area (Å²) in [7, 11) is 1.38. The highest BCUT2D eigenvalue weighted by atomic mass is 32.1. The van der Waals surface area contributed by atoms with E-state index in [-0.39, 0.29) is 10.7 Å². The van der Waals surface area contributed by atoms with Gasteiger partial charge in [-0.05, 0) is 0 Å². The molecule has 0 bridgehead atoms. The number of nitrogen functional groups attached to an aromatic ring is 1. The van der Waals surface area contributed by atoms with Gasteiger partial charge in [0.25, 0.3) is 0 Å². The number of aromatic nitrogens is 1. The molecule has 13 heavy (non-hydrogen) atoms. The van der Waals surface area contributed by atoms with Crippen LogP contribution in [0.3, 0.4) is 0 Å². The molecule has 0 aliphatic carbocycles. The summed E-state index contributed by atoms with van der Waals surface area (Å²) >= 11 is 5.92. The predicted octanol–water partition coefficient (Wildman–Crippen LogP) is 0.686. The SMILES string of the molecule is CO/N=C(/C([NH])=S)c1csc(N)n1. The summed E-state index contributed by atoms with van der Waals surface area (Å²) in [6.07, 6.45) is 0. The van der Waals surface area contributed by atoms with E-state index in [1.165, 1.54) is 18.4 Å². The topological polar surface area (TPSA) is 84.3 Å². The van der Waals surface area contributed by atoms with Gasteiger partial charge in [-0.25, -0.2) is 4.98 Å². The molecule has 1 aromatic rings. The number of rotatable bonds is 3. The van der Waals surface area contributed by atoms with Crippen LogP contribution in [0.4, 0.5) is 5.13 Å². The lowest BCUT2D eigenvalue weighted by Crippen LogP contribution is -2.15. The molecule has 0 fully saturated rings. The van der Waals surface area contributed by atoms with Crippen molar-refractivity contribution in [3.63, 3.8) is 0 Å². The van der Waals surface area contributed by atoms with Gasteiger partial charge in [-0.15, -0.1) is 11.3 Å². The maximum absolute atomic E-state index is 7.23. The number of hydrogen-bond donors (Lipinski definition) is 1. The third-order valence-electron chi connectivity index (χ3n) is 1.16. The number of nitrogens with two attached hydrogens (primary N) is 1. The molecule has 69 valence electrons. The smallest absolute Gasteiger partial charge is 0.180 e. The fourth-order valence-corrected chi connectivity index (χ4v) is 1.38. The van der Waals surface area contributed by atoms with Gasteiger partial charge >= 0.3 is 0 Å². The Balaban J connectivity index is 3.02. The van der Waals surface area contributed by atoms with E-state index >= 15 is 0 Å². The van der Waals surface area contributed by atoms with Crippen LogP contribution in [0.15, 0.2) is 10.5 Å². The van der Waals surface area contributed by atoms with Gasteiger partial charge in [0.15, 0.2) is 10.8 Å². The van der Waals surface area contributed by atoms with Gasteiger partial charge < -0.3 is 10.6 Å². The molecule has 0 amide bonds. The molecule has 0 unspecified atom stereocenters. The van der Waals surface area contributed by atoms with E-state index in [9.17, 15) is 0 Å². The molecule has 1 aromatic heterocycles. The number of thiocarbonyl (C=S) groups is 1. The number of hydrogen-bond acceptors (Lipinski definition) is 6. The van der Waals surface area contributed by atoms with Crippen LogP contribution in [0.25, 0.3) is 0 Å². The lowest BCUT2D eigenvalue weighted by molar-refractivity contribution is 0.214. The minimum Gasteiger partial charge on any atom is -0.399 e. The molecule has 0 aromatic carbocycles. The molecule has 3 N–H and O–H groups in total. The minimum atomic E-state index is -0.118. The maximum Gasteiger partial charge on any atom is 0.180 e. The molecule has 1 rings (SSSR count). The standard InChI is InChI=1S/C6H7N4OS2/c1-11-10-4(5(7)12)3-2-13-6(8)9-3/h2,7H,1H3,(H2,8,9)/b10-4+. The average Bonchev–Trinajstić information content (AvgIpc) is 2.46. The van der Waals surface area contributed by atoms with Crippen molar-refractivity contribution in [3.05, 3.63) is 11.1 Å². The third kappa shape index (κ3) is 2.36. The first-order valence-electron chi connectivity index (χ1n) is 3.23. The first-order chi connectivity index (χ1) is 6.15. The molecule has 0 atom stereocenters. The van der Waals surface area contributed by atoms with Crippen molar-refractivity contribution in [2.75, 3.05) is 12.8 Å². The molecular formula is C6H7N4OS2. The van der Waals surface area contributed by atoms with Gasteiger partial charge in [0.05, 0.1) is 0 Å². The largest absolute Gasteiger partial charge is 0.399 e. The van der Waals surface area contributed by atoms with Crippen LogP contribution < -0.4 is 11.5 Å². The molecule has 0 saturated carbocycles. The summed E-state index contributed by atoms with van der Waals surface area (Å²) in [5.41, 5.74) is 13.4. The van der Waals surface area contributed by atoms with Crippen molar-refractivity contribution in [2.45, 2.75) is 0 Å². The Morgan fingerprint density at radius 3 is 2.92 bits per heavy atom. The van der Waals surface area contributed by atoms with Crippen molar-refractivity contribution < 1.29 is 4.84 Å². The van der Waals surface area contributed by atoms with E-state index in [1.54, 1.807) is 5.38 Å². The van der Waals surface area contributed by atoms with Crippen LogP contribution in [0.2, 0.25) is 0 Å². The quantitative estimate of drug-likeness (QED) is 0.456. The summed E-state index contributed by atoms with van der Waals surface area (Å²) in [5, 5.41) is 5.67. The second kappa shape index (κ2) is 4.15. The van der Waals surface area contributed by atoms with Gasteiger partial charge in [-0.1, -0.05) is 17.4 Å². The second-order valence-corrected chi connectivity index (χ2v) is 3.32. The Morgan fingerprint density at radius 1 is 1.85 bits per heavy atom. The zero-order valence-corrected chi connectivity index (χ0v) is 8.41. The fraction of sp³-hybridized carbons (Fsp3) is 0.167.